The standard InChI is InChI=1S/C30H34ClN3O3/c1-20-17-25(18-21(2)29(20)31)37-16-8-7-15-34-27-10-6-5-9-26(27)33-30(34)22(3)32-28(35)19-23-11-13-24(36-4)14-12-23/h5-6,9-14,17-18,22H,7-8,15-16,19H2,1-4H3,(H,32,35). The van der Waals surface area contributed by atoms with Crippen LogP contribution in [0.15, 0.2) is 60.7 Å². The van der Waals surface area contributed by atoms with Gasteiger partial charge >= 0.3 is 0 Å². The van der Waals surface area contributed by atoms with Crippen LogP contribution in [0.25, 0.3) is 11.0 Å². The highest BCUT2D eigenvalue weighted by atomic mass is 35.5. The van der Waals surface area contributed by atoms with Crippen LogP contribution >= 0.6 is 11.6 Å². The molecule has 1 heterocycles. The van der Waals surface area contributed by atoms with E-state index < -0.39 is 0 Å². The van der Waals surface area contributed by atoms with E-state index in [0.717, 1.165) is 69.5 Å². The van der Waals surface area contributed by atoms with Gasteiger partial charge in [-0.15, -0.1) is 0 Å². The molecule has 1 unspecified atom stereocenters. The first kappa shape index (κ1) is 26.6. The van der Waals surface area contributed by atoms with Crippen molar-refractivity contribution < 1.29 is 14.3 Å². The molecule has 0 fully saturated rings. The molecule has 4 aromatic rings. The van der Waals surface area contributed by atoms with Crippen molar-refractivity contribution in [2.45, 2.75) is 52.6 Å². The van der Waals surface area contributed by atoms with Gasteiger partial charge in [-0.1, -0.05) is 35.9 Å². The predicted octanol–water partition coefficient (Wildman–Crippen LogP) is 6.59. The van der Waals surface area contributed by atoms with Crippen molar-refractivity contribution in [1.82, 2.24) is 14.9 Å². The molecule has 0 bridgehead atoms. The molecule has 0 spiro atoms. The predicted molar refractivity (Wildman–Crippen MR) is 149 cm³/mol. The third-order valence-corrected chi connectivity index (χ3v) is 7.02. The molecule has 0 aliphatic carbocycles. The molecule has 194 valence electrons. The molecule has 1 amide bonds. The van der Waals surface area contributed by atoms with Crippen LogP contribution < -0.4 is 14.8 Å². The molecule has 0 saturated carbocycles. The monoisotopic (exact) mass is 519 g/mol. The highest BCUT2D eigenvalue weighted by Crippen LogP contribution is 2.26. The van der Waals surface area contributed by atoms with Crippen molar-refractivity contribution in [1.29, 1.82) is 0 Å². The van der Waals surface area contributed by atoms with Gasteiger partial charge in [0, 0.05) is 11.6 Å². The van der Waals surface area contributed by atoms with E-state index in [4.69, 9.17) is 26.1 Å². The number of carbonyl (C=O) groups excluding carboxylic acids is 1. The largest absolute Gasteiger partial charge is 0.497 e. The van der Waals surface area contributed by atoms with Crippen molar-refractivity contribution >= 4 is 28.5 Å². The van der Waals surface area contributed by atoms with Crippen LogP contribution in [-0.4, -0.2) is 29.2 Å². The zero-order valence-corrected chi connectivity index (χ0v) is 22.6. The molecule has 1 atom stereocenters. The van der Waals surface area contributed by atoms with Gasteiger partial charge in [-0.3, -0.25) is 4.79 Å². The van der Waals surface area contributed by atoms with Crippen molar-refractivity contribution in [2.24, 2.45) is 0 Å². The number of benzene rings is 3. The van der Waals surface area contributed by atoms with Crippen LogP contribution in [0.5, 0.6) is 11.5 Å². The minimum atomic E-state index is -0.227. The van der Waals surface area contributed by atoms with Crippen LogP contribution in [0.2, 0.25) is 5.02 Å². The molecular formula is C30H34ClN3O3. The maximum absolute atomic E-state index is 12.8. The van der Waals surface area contributed by atoms with Gasteiger partial charge in [-0.25, -0.2) is 4.98 Å². The average Bonchev–Trinajstić information content (AvgIpc) is 3.26. The molecule has 0 saturated heterocycles. The molecule has 0 aliphatic rings. The maximum Gasteiger partial charge on any atom is 0.224 e. The molecule has 1 N–H and O–H groups in total. The number of aromatic nitrogens is 2. The Hall–Kier alpha value is -3.51. The van der Waals surface area contributed by atoms with Gasteiger partial charge in [0.05, 0.1) is 37.2 Å². The smallest absolute Gasteiger partial charge is 0.224 e. The van der Waals surface area contributed by atoms with Gasteiger partial charge in [0.1, 0.15) is 17.3 Å². The Bertz CT molecular complexity index is 1340. The number of nitrogens with one attached hydrogen (secondary N) is 1. The topological polar surface area (TPSA) is 65.4 Å². The number of aryl methyl sites for hydroxylation is 3. The summed E-state index contributed by atoms with van der Waals surface area (Å²) in [5, 5.41) is 3.91. The van der Waals surface area contributed by atoms with E-state index in [1.165, 1.54) is 0 Å². The third kappa shape index (κ3) is 6.63. The molecule has 37 heavy (non-hydrogen) atoms. The van der Waals surface area contributed by atoms with Crippen LogP contribution in [0.4, 0.5) is 0 Å². The van der Waals surface area contributed by atoms with Gasteiger partial charge < -0.3 is 19.4 Å². The molecule has 3 aromatic carbocycles. The zero-order chi connectivity index (χ0) is 26.4. The number of amides is 1. The number of imidazole rings is 1. The number of rotatable bonds is 11. The number of ether oxygens (including phenoxy) is 2. The van der Waals surface area contributed by atoms with Crippen molar-refractivity contribution in [3.63, 3.8) is 0 Å². The fraction of sp³-hybridized carbons (Fsp3) is 0.333. The van der Waals surface area contributed by atoms with E-state index in [9.17, 15) is 4.79 Å². The molecule has 1 aromatic heterocycles. The van der Waals surface area contributed by atoms with Crippen LogP contribution in [0.3, 0.4) is 0 Å². The minimum absolute atomic E-state index is 0.0433. The Morgan fingerprint density at radius 2 is 1.73 bits per heavy atom. The van der Waals surface area contributed by atoms with Gasteiger partial charge in [0.2, 0.25) is 5.91 Å². The fourth-order valence-electron chi connectivity index (χ4n) is 4.50. The van der Waals surface area contributed by atoms with Crippen LogP contribution in [0.1, 0.15) is 48.3 Å². The quantitative estimate of drug-likeness (QED) is 0.227. The minimum Gasteiger partial charge on any atom is -0.497 e. The van der Waals surface area contributed by atoms with E-state index >= 15 is 0 Å². The summed E-state index contributed by atoms with van der Waals surface area (Å²) in [7, 11) is 1.63. The summed E-state index contributed by atoms with van der Waals surface area (Å²) in [5.74, 6) is 2.43. The van der Waals surface area contributed by atoms with Gasteiger partial charge in [-0.2, -0.15) is 0 Å². The number of para-hydroxylation sites is 2. The lowest BCUT2D eigenvalue weighted by molar-refractivity contribution is -0.121. The van der Waals surface area contributed by atoms with E-state index in [1.54, 1.807) is 7.11 Å². The normalized spacial score (nSPS) is 11.9. The average molecular weight is 520 g/mol. The Morgan fingerprint density at radius 1 is 1.03 bits per heavy atom. The van der Waals surface area contributed by atoms with E-state index in [2.05, 4.69) is 16.0 Å². The molecule has 4 rings (SSSR count). The summed E-state index contributed by atoms with van der Waals surface area (Å²) in [6.45, 7) is 7.38. The highest BCUT2D eigenvalue weighted by Gasteiger charge is 2.18. The molecule has 6 nitrogen and oxygen atoms in total. The number of nitrogens with zero attached hydrogens (tertiary/aromatic N) is 2. The Kier molecular flexibility index (Phi) is 8.72. The van der Waals surface area contributed by atoms with Gasteiger partial charge in [0.15, 0.2) is 0 Å². The fourth-order valence-corrected chi connectivity index (χ4v) is 4.61. The number of fused-ring (bicyclic) bond motifs is 1. The SMILES string of the molecule is COc1ccc(CC(=O)NC(C)c2nc3ccccc3n2CCCCOc2cc(C)c(Cl)c(C)c2)cc1. The summed E-state index contributed by atoms with van der Waals surface area (Å²) in [6, 6.07) is 19.4. The lowest BCUT2D eigenvalue weighted by Gasteiger charge is -2.17. The molecule has 0 radical (unpaired) electrons. The number of carbonyl (C=O) groups is 1. The van der Waals surface area contributed by atoms with Crippen molar-refractivity contribution in [3.8, 4) is 11.5 Å². The lowest BCUT2D eigenvalue weighted by atomic mass is 10.1. The maximum atomic E-state index is 12.8. The summed E-state index contributed by atoms with van der Waals surface area (Å²) < 4.78 is 13.4. The van der Waals surface area contributed by atoms with Crippen molar-refractivity contribution in [3.05, 3.63) is 88.2 Å². The number of hydrogen-bond acceptors (Lipinski definition) is 4. The van der Waals surface area contributed by atoms with Gasteiger partial charge in [0.25, 0.3) is 0 Å². The van der Waals surface area contributed by atoms with E-state index in [-0.39, 0.29) is 11.9 Å². The Balaban J connectivity index is 1.37. The first-order valence-corrected chi connectivity index (χ1v) is 13.0. The lowest BCUT2D eigenvalue weighted by Crippen LogP contribution is -2.30. The Morgan fingerprint density at radius 3 is 2.43 bits per heavy atom. The second-order valence-electron chi connectivity index (χ2n) is 9.35. The number of halogens is 1. The first-order chi connectivity index (χ1) is 17.9. The van der Waals surface area contributed by atoms with E-state index in [0.29, 0.717) is 13.0 Å². The summed E-state index contributed by atoms with van der Waals surface area (Å²) in [5.41, 5.74) is 4.98. The number of hydrogen-bond donors (Lipinski definition) is 1. The second-order valence-corrected chi connectivity index (χ2v) is 9.73. The number of unbranched alkanes of at least 4 members (excludes halogenated alkanes) is 1. The summed E-state index contributed by atoms with van der Waals surface area (Å²) in [4.78, 5) is 17.6. The zero-order valence-electron chi connectivity index (χ0n) is 21.9. The number of methoxy groups -OCH3 is 1. The summed E-state index contributed by atoms with van der Waals surface area (Å²) >= 11 is 6.27. The van der Waals surface area contributed by atoms with E-state index in [1.807, 2.05) is 75.4 Å². The first-order valence-electron chi connectivity index (χ1n) is 12.6. The van der Waals surface area contributed by atoms with Gasteiger partial charge in [-0.05, 0) is 86.7 Å². The molecular weight excluding hydrogens is 486 g/mol. The van der Waals surface area contributed by atoms with Crippen molar-refractivity contribution in [2.75, 3.05) is 13.7 Å². The summed E-state index contributed by atoms with van der Waals surface area (Å²) in [6.07, 6.45) is 2.12. The third-order valence-electron chi connectivity index (χ3n) is 6.43. The Labute approximate surface area is 223 Å². The second kappa shape index (κ2) is 12.2. The molecule has 0 aliphatic heterocycles. The van der Waals surface area contributed by atoms with Crippen LogP contribution in [0, 0.1) is 13.8 Å². The molecule has 7 heteroatoms. The highest BCUT2D eigenvalue weighted by molar-refractivity contribution is 6.32. The van der Waals surface area contributed by atoms with Crippen LogP contribution in [-0.2, 0) is 17.8 Å².